The van der Waals surface area contributed by atoms with Gasteiger partial charge in [0.05, 0.1) is 33.1 Å². The standard InChI is InChI=1S/C16H16N4O5S2/c1-26(22,23)15-5-3-2-4-13(15)20-27(24,25)10-6-7-12-11(8-10)14(19-18-12)9-16(17)21/h2-8,20H,9H2,1H3,(H2,17,21)(H,18,19). The van der Waals surface area contributed by atoms with Gasteiger partial charge in [-0.15, -0.1) is 0 Å². The maximum Gasteiger partial charge on any atom is 0.261 e. The Bertz CT molecular complexity index is 1250. The predicted molar refractivity (Wildman–Crippen MR) is 99.4 cm³/mol. The van der Waals surface area contributed by atoms with E-state index in [0.717, 1.165) is 6.26 Å². The molecule has 0 atom stereocenters. The summed E-state index contributed by atoms with van der Waals surface area (Å²) in [5, 5.41) is 7.09. The molecular formula is C16H16N4O5S2. The molecule has 0 unspecified atom stereocenters. The zero-order chi connectivity index (χ0) is 19.8. The third-order valence-electron chi connectivity index (χ3n) is 3.80. The van der Waals surface area contributed by atoms with Gasteiger partial charge in [0.25, 0.3) is 10.0 Å². The van der Waals surface area contributed by atoms with Gasteiger partial charge in [0, 0.05) is 11.6 Å². The quantitative estimate of drug-likeness (QED) is 0.548. The van der Waals surface area contributed by atoms with Gasteiger partial charge in [0.1, 0.15) is 0 Å². The molecule has 3 aromatic rings. The van der Waals surface area contributed by atoms with Gasteiger partial charge in [0.2, 0.25) is 5.91 Å². The number of anilines is 1. The smallest absolute Gasteiger partial charge is 0.261 e. The molecule has 4 N–H and O–H groups in total. The fourth-order valence-corrected chi connectivity index (χ4v) is 4.61. The van der Waals surface area contributed by atoms with Gasteiger partial charge >= 0.3 is 0 Å². The molecule has 142 valence electrons. The molecule has 0 bridgehead atoms. The Morgan fingerprint density at radius 3 is 2.52 bits per heavy atom. The number of H-pyrrole nitrogens is 1. The van der Waals surface area contributed by atoms with Crippen LogP contribution in [-0.4, -0.2) is 39.2 Å². The third-order valence-corrected chi connectivity index (χ3v) is 6.31. The Labute approximate surface area is 155 Å². The second kappa shape index (κ2) is 6.67. The van der Waals surface area contributed by atoms with Crippen molar-refractivity contribution in [1.29, 1.82) is 0 Å². The van der Waals surface area contributed by atoms with Gasteiger partial charge in [-0.1, -0.05) is 12.1 Å². The van der Waals surface area contributed by atoms with E-state index >= 15 is 0 Å². The normalized spacial score (nSPS) is 12.2. The largest absolute Gasteiger partial charge is 0.369 e. The zero-order valence-corrected chi connectivity index (χ0v) is 15.8. The lowest BCUT2D eigenvalue weighted by atomic mass is 10.1. The number of rotatable bonds is 6. The molecule has 0 radical (unpaired) electrons. The zero-order valence-electron chi connectivity index (χ0n) is 14.1. The second-order valence-corrected chi connectivity index (χ2v) is 9.56. The van der Waals surface area contributed by atoms with E-state index in [-0.39, 0.29) is 21.9 Å². The number of primary amides is 1. The highest BCUT2D eigenvalue weighted by Crippen LogP contribution is 2.26. The minimum absolute atomic E-state index is 0.0512. The number of sulfone groups is 1. The van der Waals surface area contributed by atoms with Crippen molar-refractivity contribution in [2.45, 2.75) is 16.2 Å². The number of nitrogens with one attached hydrogen (secondary N) is 2. The van der Waals surface area contributed by atoms with E-state index in [2.05, 4.69) is 14.9 Å². The van der Waals surface area contributed by atoms with E-state index in [4.69, 9.17) is 5.73 Å². The van der Waals surface area contributed by atoms with E-state index in [1.807, 2.05) is 0 Å². The van der Waals surface area contributed by atoms with Crippen molar-refractivity contribution < 1.29 is 21.6 Å². The summed E-state index contributed by atoms with van der Waals surface area (Å²) in [7, 11) is -7.71. The van der Waals surface area contributed by atoms with Crippen LogP contribution in [0.15, 0.2) is 52.3 Å². The molecule has 0 saturated heterocycles. The fraction of sp³-hybridized carbons (Fsp3) is 0.125. The van der Waals surface area contributed by atoms with E-state index in [9.17, 15) is 21.6 Å². The van der Waals surface area contributed by atoms with Crippen LogP contribution >= 0.6 is 0 Å². The van der Waals surface area contributed by atoms with Crippen LogP contribution in [0.25, 0.3) is 10.9 Å². The van der Waals surface area contributed by atoms with Crippen LogP contribution in [0.3, 0.4) is 0 Å². The first-order chi connectivity index (χ1) is 12.6. The van der Waals surface area contributed by atoms with Crippen LogP contribution in [-0.2, 0) is 31.1 Å². The first kappa shape index (κ1) is 18.9. The van der Waals surface area contributed by atoms with Crippen molar-refractivity contribution in [3.63, 3.8) is 0 Å². The van der Waals surface area contributed by atoms with Crippen LogP contribution in [0.2, 0.25) is 0 Å². The maximum absolute atomic E-state index is 12.8. The van der Waals surface area contributed by atoms with Crippen molar-refractivity contribution in [3.05, 3.63) is 48.2 Å². The van der Waals surface area contributed by atoms with Gasteiger partial charge in [-0.3, -0.25) is 14.6 Å². The number of nitrogens with two attached hydrogens (primary N) is 1. The second-order valence-electron chi connectivity index (χ2n) is 5.90. The predicted octanol–water partition coefficient (Wildman–Crippen LogP) is 0.795. The number of amides is 1. The number of para-hydroxylation sites is 1. The molecular weight excluding hydrogens is 392 g/mol. The highest BCUT2D eigenvalue weighted by atomic mass is 32.2. The van der Waals surface area contributed by atoms with Crippen molar-refractivity contribution in [2.24, 2.45) is 5.73 Å². The number of aromatic amines is 1. The number of nitrogens with zero attached hydrogens (tertiary/aromatic N) is 1. The Morgan fingerprint density at radius 1 is 1.15 bits per heavy atom. The van der Waals surface area contributed by atoms with Crippen LogP contribution in [0.5, 0.6) is 0 Å². The number of hydrogen-bond acceptors (Lipinski definition) is 6. The highest BCUT2D eigenvalue weighted by Gasteiger charge is 2.21. The van der Waals surface area contributed by atoms with E-state index in [1.165, 1.54) is 42.5 Å². The van der Waals surface area contributed by atoms with Crippen LogP contribution in [0, 0.1) is 0 Å². The van der Waals surface area contributed by atoms with Gasteiger partial charge in [-0.05, 0) is 30.3 Å². The molecule has 1 heterocycles. The number of benzene rings is 2. The van der Waals surface area contributed by atoms with Gasteiger partial charge in [0.15, 0.2) is 9.84 Å². The first-order valence-corrected chi connectivity index (χ1v) is 11.0. The van der Waals surface area contributed by atoms with Crippen molar-refractivity contribution in [2.75, 3.05) is 11.0 Å². The molecule has 0 spiro atoms. The van der Waals surface area contributed by atoms with Crippen LogP contribution < -0.4 is 10.5 Å². The lowest BCUT2D eigenvalue weighted by Crippen LogP contribution is -2.15. The molecule has 0 fully saturated rings. The highest BCUT2D eigenvalue weighted by molar-refractivity contribution is 7.93. The number of aromatic nitrogens is 2. The van der Waals surface area contributed by atoms with E-state index < -0.39 is 25.8 Å². The topological polar surface area (TPSA) is 152 Å². The van der Waals surface area contributed by atoms with Crippen molar-refractivity contribution in [1.82, 2.24) is 10.2 Å². The maximum atomic E-state index is 12.8. The summed E-state index contributed by atoms with van der Waals surface area (Å²) < 4.78 is 51.5. The minimum Gasteiger partial charge on any atom is -0.369 e. The Morgan fingerprint density at radius 2 is 1.85 bits per heavy atom. The SMILES string of the molecule is CS(=O)(=O)c1ccccc1NS(=O)(=O)c1ccc2n[nH]c(CC(N)=O)c2c1. The van der Waals surface area contributed by atoms with Gasteiger partial charge < -0.3 is 5.73 Å². The molecule has 11 heteroatoms. The van der Waals surface area contributed by atoms with Gasteiger partial charge in [-0.25, -0.2) is 16.8 Å². The number of carbonyl (C=O) groups excluding carboxylic acids is 1. The van der Waals surface area contributed by atoms with E-state index in [0.29, 0.717) is 16.6 Å². The van der Waals surface area contributed by atoms with Crippen molar-refractivity contribution in [3.8, 4) is 0 Å². The minimum atomic E-state index is -4.08. The average molecular weight is 408 g/mol. The molecule has 1 aromatic heterocycles. The molecule has 3 rings (SSSR count). The van der Waals surface area contributed by atoms with Crippen molar-refractivity contribution >= 4 is 42.4 Å². The summed E-state index contributed by atoms with van der Waals surface area (Å²) in [4.78, 5) is 10.9. The molecule has 2 aromatic carbocycles. The monoisotopic (exact) mass is 408 g/mol. The molecule has 1 amide bonds. The first-order valence-electron chi connectivity index (χ1n) is 7.65. The fourth-order valence-electron chi connectivity index (χ4n) is 2.60. The summed E-state index contributed by atoms with van der Waals surface area (Å²) in [6, 6.07) is 9.87. The molecule has 0 saturated carbocycles. The Kier molecular flexibility index (Phi) is 4.66. The Balaban J connectivity index is 2.05. The summed E-state index contributed by atoms with van der Waals surface area (Å²) in [6.45, 7) is 0. The average Bonchev–Trinajstić information content (AvgIpc) is 2.95. The number of carbonyl (C=O) groups is 1. The lowest BCUT2D eigenvalue weighted by Gasteiger charge is -2.11. The van der Waals surface area contributed by atoms with Gasteiger partial charge in [-0.2, -0.15) is 5.10 Å². The van der Waals surface area contributed by atoms with Crippen LogP contribution in [0.4, 0.5) is 5.69 Å². The molecule has 0 aliphatic rings. The van der Waals surface area contributed by atoms with Crippen LogP contribution in [0.1, 0.15) is 5.69 Å². The third kappa shape index (κ3) is 3.93. The molecule has 0 aliphatic heterocycles. The molecule has 27 heavy (non-hydrogen) atoms. The Hall–Kier alpha value is -2.92. The number of hydrogen-bond donors (Lipinski definition) is 3. The summed E-state index contributed by atoms with van der Waals surface area (Å²) in [6.07, 6.45) is 0.873. The molecule has 0 aliphatic carbocycles. The number of sulfonamides is 1. The summed E-state index contributed by atoms with van der Waals surface area (Å²) in [5.74, 6) is -0.589. The summed E-state index contributed by atoms with van der Waals surface area (Å²) in [5.41, 5.74) is 6.00. The molecule has 9 nitrogen and oxygen atoms in total. The lowest BCUT2D eigenvalue weighted by molar-refractivity contribution is -0.117. The summed E-state index contributed by atoms with van der Waals surface area (Å²) >= 11 is 0. The van der Waals surface area contributed by atoms with E-state index in [1.54, 1.807) is 0 Å². The number of fused-ring (bicyclic) bond motifs is 1.